The highest BCUT2D eigenvalue weighted by Gasteiger charge is 2.17. The fraction of sp³-hybridized carbons (Fsp3) is 0.455. The van der Waals surface area contributed by atoms with E-state index in [0.29, 0.717) is 6.54 Å². The second-order valence-electron chi connectivity index (χ2n) is 3.73. The second-order valence-corrected chi connectivity index (χ2v) is 5.11. The molecule has 0 aliphatic rings. The van der Waals surface area contributed by atoms with Crippen LogP contribution in [0.5, 0.6) is 0 Å². The van der Waals surface area contributed by atoms with Crippen molar-refractivity contribution in [3.05, 3.63) is 21.9 Å². The minimum atomic E-state index is -1.03. The lowest BCUT2D eigenvalue weighted by atomic mass is 10.3. The largest absolute Gasteiger partial charge is 0.480 e. The molecular formula is C11H16N2O3S. The Morgan fingerprint density at radius 1 is 1.47 bits per heavy atom. The average Bonchev–Trinajstić information content (AvgIpc) is 2.62. The number of aliphatic carboxylic acids is 1. The molecule has 1 aromatic heterocycles. The number of hydrogen-bond donors (Lipinski definition) is 3. The van der Waals surface area contributed by atoms with Gasteiger partial charge >= 0.3 is 5.97 Å². The van der Waals surface area contributed by atoms with Crippen LogP contribution < -0.4 is 10.6 Å². The first-order valence-electron chi connectivity index (χ1n) is 5.25. The lowest BCUT2D eigenvalue weighted by molar-refractivity contribution is -0.141. The number of carboxylic acids is 1. The Labute approximate surface area is 104 Å². The van der Waals surface area contributed by atoms with E-state index in [9.17, 15) is 9.59 Å². The molecule has 0 bridgehead atoms. The van der Waals surface area contributed by atoms with E-state index in [4.69, 9.17) is 5.11 Å². The quantitative estimate of drug-likeness (QED) is 0.701. The van der Waals surface area contributed by atoms with E-state index in [1.807, 2.05) is 19.1 Å². The number of rotatable bonds is 6. The van der Waals surface area contributed by atoms with Crippen molar-refractivity contribution in [1.82, 2.24) is 10.6 Å². The summed E-state index contributed by atoms with van der Waals surface area (Å²) < 4.78 is 0. The summed E-state index contributed by atoms with van der Waals surface area (Å²) in [6.45, 7) is 4.15. The van der Waals surface area contributed by atoms with E-state index in [0.717, 1.165) is 4.88 Å². The average molecular weight is 256 g/mol. The van der Waals surface area contributed by atoms with Gasteiger partial charge < -0.3 is 15.7 Å². The summed E-state index contributed by atoms with van der Waals surface area (Å²) in [5.41, 5.74) is 0. The number of carbonyl (C=O) groups is 2. The van der Waals surface area contributed by atoms with E-state index >= 15 is 0 Å². The van der Waals surface area contributed by atoms with E-state index in [1.165, 1.54) is 11.8 Å². The van der Waals surface area contributed by atoms with Crippen LogP contribution in [0.1, 0.15) is 16.7 Å². The van der Waals surface area contributed by atoms with Gasteiger partial charge in [0, 0.05) is 29.8 Å². The summed E-state index contributed by atoms with van der Waals surface area (Å²) in [7, 11) is 0. The Kier molecular flexibility index (Phi) is 5.11. The number of thiophene rings is 1. The molecule has 1 rings (SSSR count). The zero-order valence-electron chi connectivity index (χ0n) is 9.82. The molecule has 0 radical (unpaired) electrons. The van der Waals surface area contributed by atoms with Gasteiger partial charge in [-0.1, -0.05) is 0 Å². The maximum Gasteiger partial charge on any atom is 0.327 e. The highest BCUT2D eigenvalue weighted by atomic mass is 32.1. The summed E-state index contributed by atoms with van der Waals surface area (Å²) in [4.78, 5) is 24.0. The molecule has 5 nitrogen and oxygen atoms in total. The lowest BCUT2D eigenvalue weighted by Crippen LogP contribution is -2.46. The molecule has 0 aromatic carbocycles. The molecule has 1 amide bonds. The van der Waals surface area contributed by atoms with Gasteiger partial charge in [-0.25, -0.2) is 4.79 Å². The van der Waals surface area contributed by atoms with Gasteiger partial charge in [0.1, 0.15) is 6.04 Å². The molecule has 94 valence electrons. The van der Waals surface area contributed by atoms with Gasteiger partial charge in [-0.05, 0) is 19.1 Å². The fourth-order valence-electron chi connectivity index (χ4n) is 1.37. The molecule has 17 heavy (non-hydrogen) atoms. The normalized spacial score (nSPS) is 12.1. The molecule has 0 spiro atoms. The molecule has 6 heteroatoms. The van der Waals surface area contributed by atoms with Gasteiger partial charge in [0.25, 0.3) is 0 Å². The third-order valence-electron chi connectivity index (χ3n) is 2.12. The van der Waals surface area contributed by atoms with E-state index in [-0.39, 0.29) is 12.5 Å². The smallest absolute Gasteiger partial charge is 0.327 e. The van der Waals surface area contributed by atoms with Crippen molar-refractivity contribution >= 4 is 23.2 Å². The van der Waals surface area contributed by atoms with Crippen LogP contribution >= 0.6 is 11.3 Å². The van der Waals surface area contributed by atoms with Crippen molar-refractivity contribution in [2.24, 2.45) is 0 Å². The molecular weight excluding hydrogens is 240 g/mol. The standard InChI is InChI=1S/C11H16N2O3S/c1-7-3-4-9(17-7)5-12-6-10(11(15)16)13-8(2)14/h3-4,10,12H,5-6H2,1-2H3,(H,13,14)(H,15,16). The van der Waals surface area contributed by atoms with Crippen LogP contribution in [0, 0.1) is 6.92 Å². The van der Waals surface area contributed by atoms with Crippen molar-refractivity contribution in [1.29, 1.82) is 0 Å². The van der Waals surface area contributed by atoms with Crippen LogP contribution in [-0.4, -0.2) is 29.6 Å². The van der Waals surface area contributed by atoms with Crippen LogP contribution in [0.25, 0.3) is 0 Å². The SMILES string of the molecule is CC(=O)NC(CNCc1ccc(C)s1)C(=O)O. The van der Waals surface area contributed by atoms with Crippen LogP contribution in [0.2, 0.25) is 0 Å². The Hall–Kier alpha value is -1.40. The van der Waals surface area contributed by atoms with E-state index in [1.54, 1.807) is 11.3 Å². The van der Waals surface area contributed by atoms with Crippen LogP contribution in [0.4, 0.5) is 0 Å². The maximum atomic E-state index is 10.8. The predicted molar refractivity (Wildman–Crippen MR) is 66.0 cm³/mol. The molecule has 0 aliphatic carbocycles. The third-order valence-corrected chi connectivity index (χ3v) is 3.12. The topological polar surface area (TPSA) is 78.4 Å². The predicted octanol–water partition coefficient (Wildman–Crippen LogP) is 0.735. The Bertz CT molecular complexity index is 403. The number of carbonyl (C=O) groups excluding carboxylic acids is 1. The number of nitrogens with one attached hydrogen (secondary N) is 2. The highest BCUT2D eigenvalue weighted by molar-refractivity contribution is 7.11. The molecule has 1 aromatic rings. The third kappa shape index (κ3) is 4.97. The van der Waals surface area contributed by atoms with Crippen molar-refractivity contribution in [3.8, 4) is 0 Å². The number of hydrogen-bond acceptors (Lipinski definition) is 4. The van der Waals surface area contributed by atoms with Crippen molar-refractivity contribution in [2.45, 2.75) is 26.4 Å². The minimum absolute atomic E-state index is 0.214. The summed E-state index contributed by atoms with van der Waals surface area (Å²) in [6, 6.07) is 3.14. The zero-order chi connectivity index (χ0) is 12.8. The molecule has 1 atom stereocenters. The molecule has 3 N–H and O–H groups in total. The fourth-order valence-corrected chi connectivity index (χ4v) is 2.23. The molecule has 0 saturated carbocycles. The number of amides is 1. The summed E-state index contributed by atoms with van der Waals surface area (Å²) in [6.07, 6.45) is 0. The Balaban J connectivity index is 2.37. The van der Waals surface area contributed by atoms with Gasteiger partial charge in [0.2, 0.25) is 5.91 Å². The molecule has 1 heterocycles. The Morgan fingerprint density at radius 2 is 2.18 bits per heavy atom. The van der Waals surface area contributed by atoms with Crippen molar-refractivity contribution in [3.63, 3.8) is 0 Å². The van der Waals surface area contributed by atoms with Crippen molar-refractivity contribution < 1.29 is 14.7 Å². The van der Waals surface area contributed by atoms with E-state index in [2.05, 4.69) is 10.6 Å². The summed E-state index contributed by atoms with van der Waals surface area (Å²) in [5.74, 6) is -1.37. The second kappa shape index (κ2) is 6.36. The molecule has 0 saturated heterocycles. The van der Waals surface area contributed by atoms with Crippen LogP contribution in [0.3, 0.4) is 0 Å². The lowest BCUT2D eigenvalue weighted by Gasteiger charge is -2.13. The molecule has 0 aliphatic heterocycles. The highest BCUT2D eigenvalue weighted by Crippen LogP contribution is 2.14. The monoisotopic (exact) mass is 256 g/mol. The van der Waals surface area contributed by atoms with Gasteiger partial charge in [0.05, 0.1) is 0 Å². The van der Waals surface area contributed by atoms with Gasteiger partial charge in [-0.3, -0.25) is 4.79 Å². The van der Waals surface area contributed by atoms with Crippen molar-refractivity contribution in [2.75, 3.05) is 6.54 Å². The number of carboxylic acid groups (broad SMARTS) is 1. The van der Waals surface area contributed by atoms with Crippen LogP contribution in [-0.2, 0) is 16.1 Å². The summed E-state index contributed by atoms with van der Waals surface area (Å²) >= 11 is 1.66. The zero-order valence-corrected chi connectivity index (χ0v) is 10.6. The first kappa shape index (κ1) is 13.7. The minimum Gasteiger partial charge on any atom is -0.480 e. The Morgan fingerprint density at radius 3 is 2.65 bits per heavy atom. The molecule has 1 unspecified atom stereocenters. The van der Waals surface area contributed by atoms with Crippen LogP contribution in [0.15, 0.2) is 12.1 Å². The van der Waals surface area contributed by atoms with Gasteiger partial charge in [0.15, 0.2) is 0 Å². The van der Waals surface area contributed by atoms with Gasteiger partial charge in [-0.2, -0.15) is 0 Å². The first-order valence-corrected chi connectivity index (χ1v) is 6.06. The first-order chi connectivity index (χ1) is 7.99. The summed E-state index contributed by atoms with van der Waals surface area (Å²) in [5, 5.41) is 14.3. The van der Waals surface area contributed by atoms with E-state index < -0.39 is 12.0 Å². The maximum absolute atomic E-state index is 10.8. The molecule has 0 fully saturated rings. The number of aryl methyl sites for hydroxylation is 1. The van der Waals surface area contributed by atoms with Gasteiger partial charge in [-0.15, -0.1) is 11.3 Å².